The number of aliphatic carboxylic acids is 3. The zero-order chi connectivity index (χ0) is 65.7. The maximum absolute atomic E-state index is 13.5. The van der Waals surface area contributed by atoms with Gasteiger partial charge in [0.25, 0.3) is 0 Å². The van der Waals surface area contributed by atoms with Crippen LogP contribution in [0, 0.1) is 0 Å². The van der Waals surface area contributed by atoms with Crippen molar-refractivity contribution < 1.29 is 78.1 Å². The lowest BCUT2D eigenvalue weighted by atomic mass is 9.80. The Bertz CT molecular complexity index is 3300. The lowest BCUT2D eigenvalue weighted by Crippen LogP contribution is -3.17. The van der Waals surface area contributed by atoms with Crippen LogP contribution in [0.4, 0.5) is 9.59 Å². The van der Waals surface area contributed by atoms with Crippen LogP contribution < -0.4 is 24.8 Å². The number of rotatable bonds is 23. The number of quaternary nitrogens is 1. The monoisotopic (exact) mass is 1280 g/mol. The second kappa shape index (κ2) is 37.4. The number of carbonyl (C=O) groups is 5. The van der Waals surface area contributed by atoms with Gasteiger partial charge < -0.3 is 69.1 Å². The van der Waals surface area contributed by atoms with Crippen LogP contribution in [0.2, 0.25) is 0 Å². The molecule has 19 heteroatoms. The van der Waals surface area contributed by atoms with E-state index in [1.807, 2.05) is 164 Å². The summed E-state index contributed by atoms with van der Waals surface area (Å²) in [5, 5.41) is 49.6. The van der Waals surface area contributed by atoms with Crippen LogP contribution in [-0.2, 0) is 34.2 Å². The lowest BCUT2D eigenvalue weighted by molar-refractivity contribution is -0.940. The minimum atomic E-state index is -1.47. The minimum absolute atomic E-state index is 0. The second-order valence-electron chi connectivity index (χ2n) is 22.1. The Morgan fingerprint density at radius 2 is 0.871 bits per heavy atom. The van der Waals surface area contributed by atoms with Crippen LogP contribution in [-0.4, -0.2) is 165 Å². The van der Waals surface area contributed by atoms with Gasteiger partial charge in [0.15, 0.2) is 6.04 Å². The van der Waals surface area contributed by atoms with Gasteiger partial charge in [-0.1, -0.05) is 174 Å². The molecular weight excluding hydrogens is 1180 g/mol. The Kier molecular flexibility index (Phi) is 31.4. The van der Waals surface area contributed by atoms with Crippen LogP contribution in [0.3, 0.4) is 0 Å². The summed E-state index contributed by atoms with van der Waals surface area (Å²) in [7, 11) is 7.34. The molecule has 19 nitrogen and oxygen atoms in total. The van der Waals surface area contributed by atoms with Gasteiger partial charge in [0, 0.05) is 25.9 Å². The molecule has 7 aromatic carbocycles. The molecule has 7 aromatic rings. The Morgan fingerprint density at radius 3 is 1.14 bits per heavy atom. The Hall–Kier alpha value is -9.11. The maximum Gasteiger partial charge on any atom is 0.410 e. The van der Waals surface area contributed by atoms with Crippen molar-refractivity contribution in [1.82, 2.24) is 15.1 Å². The fraction of sp³-hybridized carbons (Fsp3) is 0.365. The minimum Gasteiger partial charge on any atom is -0.548 e. The number of likely N-dealkylation sites (N-methyl/N-ethyl adjacent to an activating group) is 3. The molecule has 0 fully saturated rings. The van der Waals surface area contributed by atoms with Crippen molar-refractivity contribution in [3.8, 4) is 33.8 Å². The number of fused-ring (bicyclic) bond motifs is 6. The predicted molar refractivity (Wildman–Crippen MR) is 361 cm³/mol. The van der Waals surface area contributed by atoms with E-state index < -0.39 is 67.0 Å². The molecule has 0 spiro atoms. The van der Waals surface area contributed by atoms with Crippen molar-refractivity contribution in [2.75, 3.05) is 74.9 Å². The van der Waals surface area contributed by atoms with E-state index in [0.717, 1.165) is 83.1 Å². The molecule has 0 bridgehead atoms. The topological polar surface area (TPSA) is 258 Å². The lowest BCUT2D eigenvalue weighted by Gasteiger charge is -2.38. The van der Waals surface area contributed by atoms with Gasteiger partial charge in [0.05, 0.1) is 64.7 Å². The van der Waals surface area contributed by atoms with Crippen LogP contribution in [0.25, 0.3) is 22.3 Å². The van der Waals surface area contributed by atoms with Crippen molar-refractivity contribution >= 4 is 30.1 Å². The number of nitrogens with zero attached hydrogens (tertiary/aromatic N) is 2. The summed E-state index contributed by atoms with van der Waals surface area (Å²) in [4.78, 5) is 62.9. The molecule has 2 amide bonds. The van der Waals surface area contributed by atoms with Crippen LogP contribution >= 0.6 is 0 Å². The summed E-state index contributed by atoms with van der Waals surface area (Å²) >= 11 is 0. The number of carboxylic acids is 3. The average molecular weight is 1280 g/mol. The highest BCUT2D eigenvalue weighted by Gasteiger charge is 2.40. The van der Waals surface area contributed by atoms with Gasteiger partial charge in [0.1, 0.15) is 36.4 Å². The largest absolute Gasteiger partial charge is 0.548 e. The van der Waals surface area contributed by atoms with Crippen molar-refractivity contribution in [2.45, 2.75) is 105 Å². The third kappa shape index (κ3) is 19.0. The molecule has 0 heterocycles. The second-order valence-corrected chi connectivity index (χ2v) is 22.1. The third-order valence-electron chi connectivity index (χ3n) is 16.3. The smallest absolute Gasteiger partial charge is 0.410 e. The molecular formula is C74H96N4O15. The van der Waals surface area contributed by atoms with Gasteiger partial charge in [-0.3, -0.25) is 9.69 Å². The standard InChI is InChI=1S/C40H37NO7.C19H19NO5.C8H19N.C4H9NO3.3CH4/c1-41(39(44)47-25-36-34-15-9-7-13-32(34)33-14-8-10-16-35(33)36)37(38(42)43)26-48-40(27-11-5-4-6-12-27,28-17-21-30(45-2)22-18-28)29-19-23-31(46-3)24-20-29;1-20(17(10-21)18(22)23)19(24)25-11-16-14-8-4-2-6-12(14)13-7-3-5-9-15(13)16;1-6-9(7(2)3)8(4)5;1-5-3(2-6)4(7)8;;;/h4-24,36-37H,25-26H2,1-3H3,(H,42,43);2-9,16-17,21H,10-11H2,1H3,(H,22,23);7-8H,6H2,1-5H3;3,5-6H,2H2,1H3,(H,7,8);3*1H4/t37-;17-;;3-;;;/m00.0.../s1. The molecule has 3 atom stereocenters. The number of hydrogen-bond donors (Lipinski definition) is 6. The number of carbonyl (C=O) groups excluding carboxylic acids is 3. The van der Waals surface area contributed by atoms with Gasteiger partial charge in [-0.05, 0) is 127 Å². The van der Waals surface area contributed by atoms with Crippen molar-refractivity contribution in [3.63, 3.8) is 0 Å². The van der Waals surface area contributed by atoms with Gasteiger partial charge >= 0.3 is 24.1 Å². The molecule has 0 saturated heterocycles. The Morgan fingerprint density at radius 1 is 0.527 bits per heavy atom. The number of aliphatic hydroxyl groups is 2. The van der Waals surface area contributed by atoms with Crippen molar-refractivity contribution in [1.29, 1.82) is 0 Å². The first kappa shape index (κ1) is 78.1. The van der Waals surface area contributed by atoms with Crippen LogP contribution in [0.1, 0.15) is 108 Å². The molecule has 0 aliphatic heterocycles. The molecule has 2 aliphatic carbocycles. The van der Waals surface area contributed by atoms with Crippen LogP contribution in [0.15, 0.2) is 176 Å². The van der Waals surface area contributed by atoms with Gasteiger partial charge in [0.2, 0.25) is 0 Å². The van der Waals surface area contributed by atoms with E-state index >= 15 is 0 Å². The summed E-state index contributed by atoms with van der Waals surface area (Å²) in [6, 6.07) is 54.1. The molecule has 0 unspecified atom stereocenters. The van der Waals surface area contributed by atoms with Crippen molar-refractivity contribution in [2.24, 2.45) is 0 Å². The summed E-state index contributed by atoms with van der Waals surface area (Å²) in [5.74, 6) is -2.76. The number of aliphatic hydroxyl groups excluding tert-OH is 2. The van der Waals surface area contributed by atoms with E-state index in [2.05, 4.69) is 52.1 Å². The number of amides is 2. The SMILES string of the molecule is C.C.C.CC[NH+](C(C)C)C(C)C.CN(C(=O)OCC1c2ccccc2-c2ccccc21)[C@@H](CO)C(=O)O.CN[C@@H](CO)C(=O)O.COc1ccc(C(OC[C@@H](C(=O)[O-])N(C)C(=O)OCC2c3ccccc3-c3ccccc32)(c2ccccc2)c2ccc(OC)cc2)cc1. The fourth-order valence-corrected chi connectivity index (χ4v) is 11.4. The normalized spacial score (nSPS) is 12.6. The number of nitrogens with one attached hydrogen (secondary N) is 2. The van der Waals surface area contributed by atoms with E-state index in [-0.39, 0.29) is 53.9 Å². The Balaban J connectivity index is 0.000000416. The maximum atomic E-state index is 13.5. The third-order valence-corrected chi connectivity index (χ3v) is 16.3. The number of benzene rings is 7. The van der Waals surface area contributed by atoms with E-state index in [1.165, 1.54) is 27.7 Å². The fourth-order valence-electron chi connectivity index (χ4n) is 11.4. The molecule has 2 aliphatic rings. The highest BCUT2D eigenvalue weighted by molar-refractivity contribution is 5.82. The Labute approximate surface area is 549 Å². The number of methoxy groups -OCH3 is 2. The van der Waals surface area contributed by atoms with Gasteiger partial charge in [-0.25, -0.2) is 14.4 Å². The molecule has 0 saturated carbocycles. The zero-order valence-electron chi connectivity index (χ0n) is 52.7. The molecule has 502 valence electrons. The van der Waals surface area contributed by atoms with E-state index in [9.17, 15) is 29.1 Å². The van der Waals surface area contributed by atoms with Crippen LogP contribution in [0.5, 0.6) is 11.5 Å². The molecule has 0 aromatic heterocycles. The zero-order valence-corrected chi connectivity index (χ0v) is 52.7. The number of carboxylic acid groups (broad SMARTS) is 3. The predicted octanol–water partition coefficient (Wildman–Crippen LogP) is 9.59. The quantitative estimate of drug-likeness (QED) is 0.0326. The summed E-state index contributed by atoms with van der Waals surface area (Å²) in [6.45, 7) is 11.3. The molecule has 93 heavy (non-hydrogen) atoms. The average Bonchev–Trinajstić information content (AvgIpc) is 1.46. The first-order valence-electron chi connectivity index (χ1n) is 29.8. The first-order chi connectivity index (χ1) is 43.2. The highest BCUT2D eigenvalue weighted by Crippen LogP contribution is 2.46. The highest BCUT2D eigenvalue weighted by atomic mass is 16.6. The van der Waals surface area contributed by atoms with Gasteiger partial charge in [-0.2, -0.15) is 0 Å². The number of ether oxygens (including phenoxy) is 5. The summed E-state index contributed by atoms with van der Waals surface area (Å²) < 4.78 is 28.7. The summed E-state index contributed by atoms with van der Waals surface area (Å²) in [5.41, 5.74) is 9.61. The summed E-state index contributed by atoms with van der Waals surface area (Å²) in [6.07, 6.45) is -1.57. The van der Waals surface area contributed by atoms with Crippen molar-refractivity contribution in [3.05, 3.63) is 215 Å². The number of hydrogen-bond acceptors (Lipinski definition) is 14. The molecule has 9 rings (SSSR count). The van der Waals surface area contributed by atoms with E-state index in [4.69, 9.17) is 44.1 Å². The molecule has 0 radical (unpaired) electrons. The van der Waals surface area contributed by atoms with Gasteiger partial charge in [-0.15, -0.1) is 0 Å². The first-order valence-corrected chi connectivity index (χ1v) is 29.8. The molecule has 6 N–H and O–H groups in total. The van der Waals surface area contributed by atoms with E-state index in [0.29, 0.717) is 11.5 Å². The van der Waals surface area contributed by atoms with E-state index in [1.54, 1.807) is 19.1 Å².